The van der Waals surface area contributed by atoms with Crippen molar-refractivity contribution >= 4 is 35.7 Å². The summed E-state index contributed by atoms with van der Waals surface area (Å²) >= 11 is 0. The molecule has 0 spiro atoms. The Morgan fingerprint density at radius 3 is 2.42 bits per heavy atom. The maximum absolute atomic E-state index is 12.5. The molecule has 2 rings (SSSR count). The van der Waals surface area contributed by atoms with Crippen molar-refractivity contribution in [1.82, 2.24) is 10.6 Å². The molecule has 0 fully saturated rings. The third-order valence-electron chi connectivity index (χ3n) is 4.35. The fraction of sp³-hybridized carbons (Fsp3) is 0.286. The molecule has 0 saturated carbocycles. The number of amidine groups is 1. The average Bonchev–Trinajstić information content (AvgIpc) is 2.76. The van der Waals surface area contributed by atoms with Gasteiger partial charge in [0.05, 0.1) is 13.2 Å². The molecule has 0 saturated heterocycles. The van der Waals surface area contributed by atoms with E-state index in [4.69, 9.17) is 11.1 Å². The molecule has 31 heavy (non-hydrogen) atoms. The molecule has 0 heterocycles. The first-order valence-electron chi connectivity index (χ1n) is 9.49. The molecular formula is C21H28ClN5O4. The van der Waals surface area contributed by atoms with E-state index < -0.39 is 24.7 Å². The number of rotatable bonds is 11. The molecule has 0 aliphatic rings. The molecule has 2 unspecified atom stereocenters. The van der Waals surface area contributed by atoms with Gasteiger partial charge in [0.1, 0.15) is 18.0 Å². The molecule has 2 aromatic rings. The summed E-state index contributed by atoms with van der Waals surface area (Å²) in [6, 6.07) is 14.9. The van der Waals surface area contributed by atoms with Crippen LogP contribution in [0.25, 0.3) is 0 Å². The lowest BCUT2D eigenvalue weighted by molar-refractivity contribution is -0.128. The summed E-state index contributed by atoms with van der Waals surface area (Å²) in [6.45, 7) is -0.490. The van der Waals surface area contributed by atoms with E-state index in [9.17, 15) is 19.8 Å². The molecule has 0 aromatic heterocycles. The van der Waals surface area contributed by atoms with Gasteiger partial charge in [-0.1, -0.05) is 42.5 Å². The van der Waals surface area contributed by atoms with Crippen LogP contribution in [-0.4, -0.2) is 59.7 Å². The minimum absolute atomic E-state index is 0. The molecule has 2 aromatic carbocycles. The summed E-state index contributed by atoms with van der Waals surface area (Å²) in [4.78, 5) is 24.5. The third kappa shape index (κ3) is 8.63. The maximum Gasteiger partial charge on any atom is 0.245 e. The molecule has 8 N–H and O–H groups in total. The van der Waals surface area contributed by atoms with Gasteiger partial charge in [-0.2, -0.15) is 0 Å². The highest BCUT2D eigenvalue weighted by molar-refractivity contribution is 5.96. The molecule has 0 aliphatic heterocycles. The number of aliphatic hydroxyl groups excluding tert-OH is 2. The number of nitrogens with two attached hydrogens (primary N) is 1. The first-order valence-corrected chi connectivity index (χ1v) is 9.49. The smallest absolute Gasteiger partial charge is 0.245 e. The Bertz CT molecular complexity index is 866. The molecular weight excluding hydrogens is 422 g/mol. The topological polar surface area (TPSA) is 161 Å². The maximum atomic E-state index is 12.5. The highest BCUT2D eigenvalue weighted by atomic mass is 35.5. The van der Waals surface area contributed by atoms with Gasteiger partial charge >= 0.3 is 0 Å². The Morgan fingerprint density at radius 1 is 1.06 bits per heavy atom. The van der Waals surface area contributed by atoms with Crippen molar-refractivity contribution in [3.05, 3.63) is 65.7 Å². The highest BCUT2D eigenvalue weighted by Gasteiger charge is 2.26. The Kier molecular flexibility index (Phi) is 11.0. The summed E-state index contributed by atoms with van der Waals surface area (Å²) in [5.74, 6) is -1.16. The van der Waals surface area contributed by atoms with E-state index in [0.717, 1.165) is 5.56 Å². The molecule has 2 atom stereocenters. The van der Waals surface area contributed by atoms with E-state index in [0.29, 0.717) is 24.2 Å². The second-order valence-electron chi connectivity index (χ2n) is 6.67. The van der Waals surface area contributed by atoms with Crippen molar-refractivity contribution in [2.75, 3.05) is 25.0 Å². The Morgan fingerprint density at radius 2 is 1.77 bits per heavy atom. The first kappa shape index (κ1) is 25.9. The number of anilines is 1. The standard InChI is InChI=1S/C21H27N5O4.ClH/c22-20(23)15-7-4-8-16(11-15)26-19(17(28)13-27)21(30)25-12-18(29)24-10-9-14-5-2-1-3-6-14;/h1-8,11,17,19,26-28H,9-10,12-13H2,(H3,22,23)(H,24,29)(H,25,30);1H. The van der Waals surface area contributed by atoms with Crippen molar-refractivity contribution in [3.8, 4) is 0 Å². The van der Waals surface area contributed by atoms with Gasteiger partial charge in [0.15, 0.2) is 0 Å². The van der Waals surface area contributed by atoms with Crippen molar-refractivity contribution in [2.24, 2.45) is 5.73 Å². The van der Waals surface area contributed by atoms with Gasteiger partial charge in [-0.25, -0.2) is 0 Å². The van der Waals surface area contributed by atoms with Gasteiger partial charge in [-0.05, 0) is 24.1 Å². The van der Waals surface area contributed by atoms with E-state index in [2.05, 4.69) is 16.0 Å². The van der Waals surface area contributed by atoms with Crippen molar-refractivity contribution in [2.45, 2.75) is 18.6 Å². The van der Waals surface area contributed by atoms with E-state index in [-0.39, 0.29) is 30.7 Å². The molecule has 0 aliphatic carbocycles. The largest absolute Gasteiger partial charge is 0.394 e. The second-order valence-corrected chi connectivity index (χ2v) is 6.67. The normalized spacial score (nSPS) is 12.1. The Labute approximate surface area is 187 Å². The van der Waals surface area contributed by atoms with E-state index in [1.165, 1.54) is 0 Å². The van der Waals surface area contributed by atoms with Crippen LogP contribution in [-0.2, 0) is 16.0 Å². The SMILES string of the molecule is Cl.N=C(N)c1cccc(NC(C(=O)NCC(=O)NCCc2ccccc2)C(O)CO)c1. The number of nitrogen functional groups attached to an aromatic ring is 1. The van der Waals surface area contributed by atoms with Gasteiger partial charge in [0, 0.05) is 17.8 Å². The van der Waals surface area contributed by atoms with Gasteiger partial charge in [0.2, 0.25) is 11.8 Å². The van der Waals surface area contributed by atoms with Crippen molar-refractivity contribution in [1.29, 1.82) is 5.41 Å². The van der Waals surface area contributed by atoms with Crippen LogP contribution >= 0.6 is 12.4 Å². The lowest BCUT2D eigenvalue weighted by Gasteiger charge is -2.23. The molecule has 168 valence electrons. The van der Waals surface area contributed by atoms with Crippen LogP contribution < -0.4 is 21.7 Å². The van der Waals surface area contributed by atoms with E-state index in [1.54, 1.807) is 24.3 Å². The summed E-state index contributed by atoms with van der Waals surface area (Å²) in [5.41, 5.74) is 7.42. The van der Waals surface area contributed by atoms with Crippen LogP contribution in [0, 0.1) is 5.41 Å². The number of hydrogen-bond donors (Lipinski definition) is 7. The quantitative estimate of drug-likeness (QED) is 0.189. The molecule has 2 amide bonds. The van der Waals surface area contributed by atoms with Crippen LogP contribution in [0.4, 0.5) is 5.69 Å². The second kappa shape index (κ2) is 13.2. The zero-order valence-electron chi connectivity index (χ0n) is 16.9. The van der Waals surface area contributed by atoms with Crippen LogP contribution in [0.3, 0.4) is 0 Å². The fourth-order valence-electron chi connectivity index (χ4n) is 2.73. The number of carbonyl (C=O) groups excluding carboxylic acids is 2. The number of amides is 2. The summed E-state index contributed by atoms with van der Waals surface area (Å²) in [6.07, 6.45) is -0.729. The lowest BCUT2D eigenvalue weighted by atomic mass is 10.1. The first-order chi connectivity index (χ1) is 14.4. The predicted octanol–water partition coefficient (Wildman–Crippen LogP) is 0.00127. The zero-order valence-corrected chi connectivity index (χ0v) is 17.7. The molecule has 10 heteroatoms. The van der Waals surface area contributed by atoms with Crippen LogP contribution in [0.5, 0.6) is 0 Å². The number of aliphatic hydroxyl groups is 2. The average molecular weight is 450 g/mol. The van der Waals surface area contributed by atoms with Gasteiger partial charge in [-0.15, -0.1) is 12.4 Å². The number of nitrogens with one attached hydrogen (secondary N) is 4. The Hall–Kier alpha value is -3.14. The minimum atomic E-state index is -1.40. The molecule has 9 nitrogen and oxygen atoms in total. The minimum Gasteiger partial charge on any atom is -0.394 e. The number of benzene rings is 2. The van der Waals surface area contributed by atoms with Gasteiger partial charge < -0.3 is 31.9 Å². The number of carbonyl (C=O) groups is 2. The number of halogens is 1. The van der Waals surface area contributed by atoms with E-state index in [1.807, 2.05) is 30.3 Å². The number of hydrogen-bond acceptors (Lipinski definition) is 6. The zero-order chi connectivity index (χ0) is 21.9. The van der Waals surface area contributed by atoms with Crippen LogP contribution in [0.1, 0.15) is 11.1 Å². The Balaban J connectivity index is 0.00000480. The fourth-order valence-corrected chi connectivity index (χ4v) is 2.73. The van der Waals surface area contributed by atoms with Crippen molar-refractivity contribution < 1.29 is 19.8 Å². The van der Waals surface area contributed by atoms with Crippen LogP contribution in [0.2, 0.25) is 0 Å². The summed E-state index contributed by atoms with van der Waals surface area (Å²) in [5, 5.41) is 34.7. The van der Waals surface area contributed by atoms with Crippen molar-refractivity contribution in [3.63, 3.8) is 0 Å². The van der Waals surface area contributed by atoms with Gasteiger partial charge in [0.25, 0.3) is 0 Å². The monoisotopic (exact) mass is 449 g/mol. The van der Waals surface area contributed by atoms with E-state index >= 15 is 0 Å². The molecule has 0 bridgehead atoms. The summed E-state index contributed by atoms with van der Waals surface area (Å²) in [7, 11) is 0. The van der Waals surface area contributed by atoms with Crippen LogP contribution in [0.15, 0.2) is 54.6 Å². The summed E-state index contributed by atoms with van der Waals surface area (Å²) < 4.78 is 0. The molecule has 0 radical (unpaired) electrons. The highest BCUT2D eigenvalue weighted by Crippen LogP contribution is 2.13. The van der Waals surface area contributed by atoms with Gasteiger partial charge in [-0.3, -0.25) is 15.0 Å². The predicted molar refractivity (Wildman–Crippen MR) is 121 cm³/mol. The third-order valence-corrected chi connectivity index (χ3v) is 4.35. The lowest BCUT2D eigenvalue weighted by Crippen LogP contribution is -2.50.